The zero-order valence-corrected chi connectivity index (χ0v) is 22.7. The molecule has 190 valence electrons. The van der Waals surface area contributed by atoms with E-state index in [0.717, 1.165) is 79.0 Å². The first-order valence-electron chi connectivity index (χ1n) is 12.6. The predicted octanol–water partition coefficient (Wildman–Crippen LogP) is 7.79. The van der Waals surface area contributed by atoms with Crippen molar-refractivity contribution < 1.29 is 9.47 Å². The molecule has 5 heteroatoms. The fraction of sp³-hybridized carbons (Fsp3) is 0.182. The molecule has 0 saturated carbocycles. The smallest absolute Gasteiger partial charge is 0.119 e. The summed E-state index contributed by atoms with van der Waals surface area (Å²) < 4.78 is 10.9. The van der Waals surface area contributed by atoms with Crippen LogP contribution in [0.4, 0.5) is 0 Å². The number of methoxy groups -OCH3 is 2. The SMILES string of the molecule is COc1cc(C)c(-c2cccc(-c3cccc(-c4cccc(-c5c(C)cc(OC)cc5C)n4)n3)n2)c(C)c1. The molecule has 5 rings (SSSR count). The van der Waals surface area contributed by atoms with E-state index in [9.17, 15) is 0 Å². The molecular formula is C33H31N3O2. The lowest BCUT2D eigenvalue weighted by molar-refractivity contribution is 0.414. The van der Waals surface area contributed by atoms with Crippen molar-refractivity contribution in [3.8, 4) is 56.8 Å². The molecule has 0 fully saturated rings. The van der Waals surface area contributed by atoms with Crippen LogP contribution in [0.3, 0.4) is 0 Å². The van der Waals surface area contributed by atoms with Crippen molar-refractivity contribution in [1.82, 2.24) is 15.0 Å². The van der Waals surface area contributed by atoms with Gasteiger partial charge in [-0.05, 0) is 111 Å². The van der Waals surface area contributed by atoms with Crippen LogP contribution in [0.25, 0.3) is 45.3 Å². The van der Waals surface area contributed by atoms with Crippen LogP contribution in [0.5, 0.6) is 11.5 Å². The molecule has 5 aromatic rings. The molecule has 3 aromatic heterocycles. The van der Waals surface area contributed by atoms with Crippen molar-refractivity contribution in [3.63, 3.8) is 0 Å². The molecule has 0 radical (unpaired) electrons. The maximum absolute atomic E-state index is 5.43. The number of aromatic nitrogens is 3. The summed E-state index contributed by atoms with van der Waals surface area (Å²) in [6.07, 6.45) is 0. The van der Waals surface area contributed by atoms with Crippen LogP contribution in [0.15, 0.2) is 78.9 Å². The third-order valence-electron chi connectivity index (χ3n) is 6.77. The molecule has 0 aliphatic heterocycles. The first kappa shape index (κ1) is 25.2. The van der Waals surface area contributed by atoms with Crippen molar-refractivity contribution >= 4 is 0 Å². The van der Waals surface area contributed by atoms with Gasteiger partial charge in [-0.2, -0.15) is 0 Å². The summed E-state index contributed by atoms with van der Waals surface area (Å²) in [5, 5.41) is 0. The van der Waals surface area contributed by atoms with E-state index in [1.807, 2.05) is 78.9 Å². The third-order valence-corrected chi connectivity index (χ3v) is 6.77. The van der Waals surface area contributed by atoms with E-state index in [4.69, 9.17) is 24.4 Å². The van der Waals surface area contributed by atoms with E-state index in [0.29, 0.717) is 0 Å². The van der Waals surface area contributed by atoms with Gasteiger partial charge >= 0.3 is 0 Å². The minimum Gasteiger partial charge on any atom is -0.497 e. The summed E-state index contributed by atoms with van der Waals surface area (Å²) in [6, 6.07) is 26.3. The van der Waals surface area contributed by atoms with E-state index in [1.54, 1.807) is 14.2 Å². The Labute approximate surface area is 224 Å². The van der Waals surface area contributed by atoms with Gasteiger partial charge < -0.3 is 9.47 Å². The van der Waals surface area contributed by atoms with Crippen LogP contribution >= 0.6 is 0 Å². The summed E-state index contributed by atoms with van der Waals surface area (Å²) >= 11 is 0. The minimum atomic E-state index is 0.803. The molecule has 0 N–H and O–H groups in total. The van der Waals surface area contributed by atoms with Crippen LogP contribution in [0, 0.1) is 27.7 Å². The van der Waals surface area contributed by atoms with Gasteiger partial charge in [0.1, 0.15) is 11.5 Å². The van der Waals surface area contributed by atoms with E-state index < -0.39 is 0 Å². The van der Waals surface area contributed by atoms with Gasteiger partial charge in [0.25, 0.3) is 0 Å². The molecule has 0 aliphatic carbocycles. The molecule has 0 saturated heterocycles. The Morgan fingerprint density at radius 3 is 0.974 bits per heavy atom. The van der Waals surface area contributed by atoms with Gasteiger partial charge in [0.2, 0.25) is 0 Å². The van der Waals surface area contributed by atoms with Gasteiger partial charge in [0, 0.05) is 11.1 Å². The second-order valence-electron chi connectivity index (χ2n) is 9.50. The average molecular weight is 502 g/mol. The molecule has 38 heavy (non-hydrogen) atoms. The first-order valence-corrected chi connectivity index (χ1v) is 12.6. The molecule has 0 aliphatic rings. The van der Waals surface area contributed by atoms with Gasteiger partial charge in [-0.15, -0.1) is 0 Å². The Morgan fingerprint density at radius 2 is 0.684 bits per heavy atom. The van der Waals surface area contributed by atoms with E-state index in [1.165, 1.54) is 0 Å². The monoisotopic (exact) mass is 501 g/mol. The number of rotatable bonds is 6. The second-order valence-corrected chi connectivity index (χ2v) is 9.50. The second kappa shape index (κ2) is 10.5. The lowest BCUT2D eigenvalue weighted by atomic mass is 9.98. The molecular weight excluding hydrogens is 470 g/mol. The molecule has 5 nitrogen and oxygen atoms in total. The lowest BCUT2D eigenvalue weighted by Crippen LogP contribution is -1.97. The van der Waals surface area contributed by atoms with Crippen LogP contribution in [-0.2, 0) is 0 Å². The summed E-state index contributed by atoms with van der Waals surface area (Å²) in [5.74, 6) is 1.70. The third kappa shape index (κ3) is 4.88. The summed E-state index contributed by atoms with van der Waals surface area (Å²) in [4.78, 5) is 15.0. The van der Waals surface area contributed by atoms with E-state index >= 15 is 0 Å². The zero-order valence-electron chi connectivity index (χ0n) is 22.7. The molecule has 0 unspecified atom stereocenters. The summed E-state index contributed by atoms with van der Waals surface area (Å²) in [7, 11) is 3.38. The van der Waals surface area contributed by atoms with Crippen LogP contribution in [-0.4, -0.2) is 29.2 Å². The van der Waals surface area contributed by atoms with Crippen molar-refractivity contribution in [2.75, 3.05) is 14.2 Å². The fourth-order valence-corrected chi connectivity index (χ4v) is 5.04. The predicted molar refractivity (Wildman–Crippen MR) is 154 cm³/mol. The highest BCUT2D eigenvalue weighted by molar-refractivity contribution is 5.73. The molecule has 0 amide bonds. The van der Waals surface area contributed by atoms with Crippen molar-refractivity contribution in [2.45, 2.75) is 27.7 Å². The standard InChI is InChI=1S/C33H31N3O2/c1-20-16-24(37-5)17-21(2)32(20)30-14-8-12-28(35-30)26-10-7-11-27(34-26)29-13-9-15-31(36-29)33-22(3)18-25(38-6)19-23(33)4/h7-19H,1-6H3. The first-order chi connectivity index (χ1) is 18.4. The highest BCUT2D eigenvalue weighted by Crippen LogP contribution is 2.33. The van der Waals surface area contributed by atoms with Crippen molar-refractivity contribution in [3.05, 3.63) is 101 Å². The Hall–Kier alpha value is -4.51. The molecule has 0 bridgehead atoms. The highest BCUT2D eigenvalue weighted by Gasteiger charge is 2.14. The van der Waals surface area contributed by atoms with Gasteiger partial charge in [0.05, 0.1) is 48.4 Å². The van der Waals surface area contributed by atoms with E-state index in [-0.39, 0.29) is 0 Å². The van der Waals surface area contributed by atoms with Gasteiger partial charge in [0.15, 0.2) is 0 Å². The minimum absolute atomic E-state index is 0.803. The van der Waals surface area contributed by atoms with Crippen LogP contribution in [0.2, 0.25) is 0 Å². The Kier molecular flexibility index (Phi) is 6.93. The fourth-order valence-electron chi connectivity index (χ4n) is 5.04. The number of hydrogen-bond donors (Lipinski definition) is 0. The number of pyridine rings is 3. The van der Waals surface area contributed by atoms with E-state index in [2.05, 4.69) is 27.7 Å². The van der Waals surface area contributed by atoms with Crippen molar-refractivity contribution in [2.24, 2.45) is 0 Å². The molecule has 2 aromatic carbocycles. The zero-order chi connectivity index (χ0) is 26.8. The Bertz CT molecular complexity index is 1480. The Morgan fingerprint density at radius 1 is 0.421 bits per heavy atom. The number of nitrogens with zero attached hydrogens (tertiary/aromatic N) is 3. The van der Waals surface area contributed by atoms with Crippen LogP contribution < -0.4 is 9.47 Å². The largest absolute Gasteiger partial charge is 0.497 e. The lowest BCUT2D eigenvalue weighted by Gasteiger charge is -2.13. The number of ether oxygens (including phenoxy) is 2. The molecule has 0 spiro atoms. The normalized spacial score (nSPS) is 10.9. The van der Waals surface area contributed by atoms with Gasteiger partial charge in [-0.25, -0.2) is 15.0 Å². The van der Waals surface area contributed by atoms with Gasteiger partial charge in [-0.3, -0.25) is 0 Å². The number of aryl methyl sites for hydroxylation is 4. The quantitative estimate of drug-likeness (QED) is 0.238. The summed E-state index contributed by atoms with van der Waals surface area (Å²) in [5.41, 5.74) is 11.8. The molecule has 0 atom stereocenters. The average Bonchev–Trinajstić information content (AvgIpc) is 2.92. The van der Waals surface area contributed by atoms with Crippen molar-refractivity contribution in [1.29, 1.82) is 0 Å². The topological polar surface area (TPSA) is 57.1 Å². The number of benzene rings is 2. The van der Waals surface area contributed by atoms with Crippen LogP contribution in [0.1, 0.15) is 22.3 Å². The Balaban J connectivity index is 1.52. The highest BCUT2D eigenvalue weighted by atomic mass is 16.5. The number of hydrogen-bond acceptors (Lipinski definition) is 5. The van der Waals surface area contributed by atoms with Gasteiger partial charge in [-0.1, -0.05) is 18.2 Å². The maximum atomic E-state index is 5.43. The maximum Gasteiger partial charge on any atom is 0.119 e. The molecule has 3 heterocycles. The summed E-state index contributed by atoms with van der Waals surface area (Å²) in [6.45, 7) is 8.35.